The van der Waals surface area contributed by atoms with Crippen molar-refractivity contribution >= 4 is 11.6 Å². The molecular weight excluding hydrogens is 240 g/mol. The number of rotatable bonds is 8. The minimum atomic E-state index is -0.345. The van der Waals surface area contributed by atoms with Crippen LogP contribution in [0.25, 0.3) is 0 Å². The maximum atomic E-state index is 9.91. The Balaban J connectivity index is 2.71. The van der Waals surface area contributed by atoms with Crippen molar-refractivity contribution in [1.29, 1.82) is 0 Å². The van der Waals surface area contributed by atoms with Gasteiger partial charge in [0, 0.05) is 19.2 Å². The molecule has 0 spiro atoms. The highest BCUT2D eigenvalue weighted by molar-refractivity contribution is 5.57. The Labute approximate surface area is 115 Å². The fourth-order valence-electron chi connectivity index (χ4n) is 2.11. The van der Waals surface area contributed by atoms with Crippen LogP contribution in [-0.2, 0) is 6.42 Å². The maximum Gasteiger partial charge on any atom is 0.134 e. The molecule has 0 amide bonds. The molecule has 1 aromatic heterocycles. The van der Waals surface area contributed by atoms with Gasteiger partial charge in [0.25, 0.3) is 0 Å². The van der Waals surface area contributed by atoms with Crippen LogP contribution in [0.5, 0.6) is 0 Å². The third kappa shape index (κ3) is 5.03. The SMILES string of the molecule is CCCc1c(NC)ncnc1NCC(O)CC(C)C. The number of aliphatic hydroxyl groups is 1. The van der Waals surface area contributed by atoms with Gasteiger partial charge in [0.2, 0.25) is 0 Å². The molecule has 5 nitrogen and oxygen atoms in total. The smallest absolute Gasteiger partial charge is 0.134 e. The molecule has 1 rings (SSSR count). The van der Waals surface area contributed by atoms with Gasteiger partial charge in [-0.05, 0) is 18.8 Å². The standard InChI is InChI=1S/C14H26N4O/c1-5-6-12-13(15-4)17-9-18-14(12)16-8-11(19)7-10(2)3/h9-11,19H,5-8H2,1-4H3,(H2,15,16,17,18). The van der Waals surface area contributed by atoms with Gasteiger partial charge in [0.05, 0.1) is 6.10 Å². The number of nitrogens with one attached hydrogen (secondary N) is 2. The van der Waals surface area contributed by atoms with E-state index in [9.17, 15) is 5.11 Å². The first-order chi connectivity index (χ1) is 9.08. The van der Waals surface area contributed by atoms with Crippen molar-refractivity contribution in [3.8, 4) is 0 Å². The van der Waals surface area contributed by atoms with Crippen molar-refractivity contribution in [3.63, 3.8) is 0 Å². The zero-order chi connectivity index (χ0) is 14.3. The second-order valence-corrected chi connectivity index (χ2v) is 5.21. The summed E-state index contributed by atoms with van der Waals surface area (Å²) in [6, 6.07) is 0. The Bertz CT molecular complexity index is 382. The Hall–Kier alpha value is -1.36. The molecule has 1 heterocycles. The first kappa shape index (κ1) is 15.7. The Morgan fingerprint density at radius 2 is 1.95 bits per heavy atom. The highest BCUT2D eigenvalue weighted by Gasteiger charge is 2.12. The monoisotopic (exact) mass is 266 g/mol. The first-order valence-electron chi connectivity index (χ1n) is 7.02. The molecule has 19 heavy (non-hydrogen) atoms. The van der Waals surface area contributed by atoms with E-state index in [1.54, 1.807) is 6.33 Å². The van der Waals surface area contributed by atoms with Crippen molar-refractivity contribution in [1.82, 2.24) is 9.97 Å². The predicted molar refractivity (Wildman–Crippen MR) is 79.5 cm³/mol. The van der Waals surface area contributed by atoms with Crippen LogP contribution in [0.1, 0.15) is 39.2 Å². The van der Waals surface area contributed by atoms with Crippen molar-refractivity contribution < 1.29 is 5.11 Å². The Morgan fingerprint density at radius 1 is 1.26 bits per heavy atom. The number of hydrogen-bond acceptors (Lipinski definition) is 5. The van der Waals surface area contributed by atoms with E-state index < -0.39 is 0 Å². The molecule has 0 fully saturated rings. The van der Waals surface area contributed by atoms with E-state index in [0.717, 1.165) is 36.5 Å². The summed E-state index contributed by atoms with van der Waals surface area (Å²) in [6.45, 7) is 6.87. The van der Waals surface area contributed by atoms with Gasteiger partial charge in [-0.1, -0.05) is 27.2 Å². The molecule has 0 saturated carbocycles. The summed E-state index contributed by atoms with van der Waals surface area (Å²) in [7, 11) is 1.86. The van der Waals surface area contributed by atoms with Gasteiger partial charge in [-0.25, -0.2) is 9.97 Å². The molecule has 5 heteroatoms. The van der Waals surface area contributed by atoms with Crippen molar-refractivity contribution in [2.24, 2.45) is 5.92 Å². The van der Waals surface area contributed by atoms with Gasteiger partial charge in [-0.2, -0.15) is 0 Å². The van der Waals surface area contributed by atoms with Gasteiger partial charge in [0.1, 0.15) is 18.0 Å². The van der Waals surface area contributed by atoms with E-state index in [1.165, 1.54) is 0 Å². The normalized spacial score (nSPS) is 12.5. The molecule has 3 N–H and O–H groups in total. The topological polar surface area (TPSA) is 70.1 Å². The van der Waals surface area contributed by atoms with Gasteiger partial charge in [-0.15, -0.1) is 0 Å². The zero-order valence-corrected chi connectivity index (χ0v) is 12.4. The van der Waals surface area contributed by atoms with E-state index in [2.05, 4.69) is 41.4 Å². The summed E-state index contributed by atoms with van der Waals surface area (Å²) in [6.07, 6.45) is 3.94. The fourth-order valence-corrected chi connectivity index (χ4v) is 2.11. The van der Waals surface area contributed by atoms with Gasteiger partial charge in [0.15, 0.2) is 0 Å². The molecule has 0 radical (unpaired) electrons. The van der Waals surface area contributed by atoms with E-state index in [-0.39, 0.29) is 6.10 Å². The molecule has 0 aliphatic rings. The fraction of sp³-hybridized carbons (Fsp3) is 0.714. The van der Waals surface area contributed by atoms with Crippen molar-refractivity contribution in [3.05, 3.63) is 11.9 Å². The molecule has 0 aromatic carbocycles. The average molecular weight is 266 g/mol. The molecule has 0 aliphatic carbocycles. The zero-order valence-electron chi connectivity index (χ0n) is 12.4. The summed E-state index contributed by atoms with van der Waals surface area (Å²) < 4.78 is 0. The number of anilines is 2. The molecule has 0 saturated heterocycles. The van der Waals surface area contributed by atoms with E-state index >= 15 is 0 Å². The Kier molecular flexibility index (Phi) is 6.56. The highest BCUT2D eigenvalue weighted by atomic mass is 16.3. The third-order valence-electron chi connectivity index (χ3n) is 2.93. The Morgan fingerprint density at radius 3 is 2.53 bits per heavy atom. The minimum Gasteiger partial charge on any atom is -0.391 e. The second kappa shape index (κ2) is 7.94. The maximum absolute atomic E-state index is 9.91. The summed E-state index contributed by atoms with van der Waals surface area (Å²) >= 11 is 0. The summed E-state index contributed by atoms with van der Waals surface area (Å²) in [5, 5.41) is 16.2. The van der Waals surface area contributed by atoms with Crippen LogP contribution in [0.2, 0.25) is 0 Å². The lowest BCUT2D eigenvalue weighted by molar-refractivity contribution is 0.161. The quantitative estimate of drug-likeness (QED) is 0.673. The number of hydrogen-bond donors (Lipinski definition) is 3. The van der Waals surface area contributed by atoms with Crippen LogP contribution in [0.15, 0.2) is 6.33 Å². The lowest BCUT2D eigenvalue weighted by Crippen LogP contribution is -2.22. The lowest BCUT2D eigenvalue weighted by Gasteiger charge is -2.17. The van der Waals surface area contributed by atoms with Crippen LogP contribution in [-0.4, -0.2) is 34.8 Å². The highest BCUT2D eigenvalue weighted by Crippen LogP contribution is 2.21. The number of aliphatic hydroxyl groups excluding tert-OH is 1. The molecule has 1 atom stereocenters. The van der Waals surface area contributed by atoms with Crippen molar-refractivity contribution in [2.75, 3.05) is 24.2 Å². The van der Waals surface area contributed by atoms with Crippen LogP contribution in [0.4, 0.5) is 11.6 Å². The molecule has 0 aliphatic heterocycles. The summed E-state index contributed by atoms with van der Waals surface area (Å²) in [5.74, 6) is 2.17. The molecule has 1 aromatic rings. The summed E-state index contributed by atoms with van der Waals surface area (Å²) in [4.78, 5) is 8.51. The minimum absolute atomic E-state index is 0.345. The van der Waals surface area contributed by atoms with Crippen LogP contribution < -0.4 is 10.6 Å². The van der Waals surface area contributed by atoms with E-state index in [4.69, 9.17) is 0 Å². The van der Waals surface area contributed by atoms with Gasteiger partial charge in [-0.3, -0.25) is 0 Å². The molecule has 108 valence electrons. The first-order valence-corrected chi connectivity index (χ1v) is 7.02. The van der Waals surface area contributed by atoms with Gasteiger partial charge >= 0.3 is 0 Å². The van der Waals surface area contributed by atoms with E-state index in [0.29, 0.717) is 12.5 Å². The van der Waals surface area contributed by atoms with Gasteiger partial charge < -0.3 is 15.7 Å². The van der Waals surface area contributed by atoms with Crippen LogP contribution in [0, 0.1) is 5.92 Å². The third-order valence-corrected chi connectivity index (χ3v) is 2.93. The van der Waals surface area contributed by atoms with Crippen LogP contribution >= 0.6 is 0 Å². The lowest BCUT2D eigenvalue weighted by atomic mass is 10.1. The summed E-state index contributed by atoms with van der Waals surface area (Å²) in [5.41, 5.74) is 1.09. The number of nitrogens with zero attached hydrogens (tertiary/aromatic N) is 2. The largest absolute Gasteiger partial charge is 0.391 e. The average Bonchev–Trinajstić information content (AvgIpc) is 2.37. The molecule has 0 bridgehead atoms. The van der Waals surface area contributed by atoms with Crippen LogP contribution in [0.3, 0.4) is 0 Å². The predicted octanol–water partition coefficient (Wildman–Crippen LogP) is 2.29. The second-order valence-electron chi connectivity index (χ2n) is 5.21. The van der Waals surface area contributed by atoms with Crippen molar-refractivity contribution in [2.45, 2.75) is 46.1 Å². The molecular formula is C14H26N4O. The number of aromatic nitrogens is 2. The van der Waals surface area contributed by atoms with E-state index in [1.807, 2.05) is 7.05 Å². The molecule has 1 unspecified atom stereocenters.